The molecule has 0 aliphatic carbocycles. The lowest BCUT2D eigenvalue weighted by molar-refractivity contribution is -0.122. The van der Waals surface area contributed by atoms with Crippen LogP contribution in [0.15, 0.2) is 6.07 Å². The Kier molecular flexibility index (Phi) is 7.56. The van der Waals surface area contributed by atoms with Gasteiger partial charge in [-0.2, -0.15) is 0 Å². The minimum absolute atomic E-state index is 0. The lowest BCUT2D eigenvalue weighted by Gasteiger charge is -2.23. The van der Waals surface area contributed by atoms with Crippen LogP contribution in [0.1, 0.15) is 41.0 Å². The van der Waals surface area contributed by atoms with Gasteiger partial charge in [0.15, 0.2) is 0 Å². The molecule has 1 aromatic rings. The van der Waals surface area contributed by atoms with Crippen molar-refractivity contribution in [1.29, 1.82) is 0 Å². The molecule has 114 valence electrons. The Morgan fingerprint density at radius 3 is 2.70 bits per heavy atom. The number of halogens is 1. The standard InChI is InChI=1S/C15H24N2OS.ClH/c1-11-10-13(12(2)19-11)4-3-5-15(18)17-14-6-8-16-9-7-14;/h10,14,16H,3-9H2,1-2H3,(H,17,18);1H. The van der Waals surface area contributed by atoms with Gasteiger partial charge in [-0.25, -0.2) is 0 Å². The number of carbonyl (C=O) groups excluding carboxylic acids is 1. The van der Waals surface area contributed by atoms with Gasteiger partial charge in [-0.3, -0.25) is 4.79 Å². The van der Waals surface area contributed by atoms with Crippen LogP contribution in [0.3, 0.4) is 0 Å². The quantitative estimate of drug-likeness (QED) is 0.877. The smallest absolute Gasteiger partial charge is 0.220 e. The number of thiophene rings is 1. The van der Waals surface area contributed by atoms with Crippen molar-refractivity contribution in [3.05, 3.63) is 21.4 Å². The molecule has 1 aliphatic rings. The first-order valence-corrected chi connectivity index (χ1v) is 8.03. The molecule has 1 aliphatic heterocycles. The summed E-state index contributed by atoms with van der Waals surface area (Å²) in [6.45, 7) is 6.36. The molecule has 1 fully saturated rings. The zero-order valence-corrected chi connectivity index (χ0v) is 14.0. The van der Waals surface area contributed by atoms with Gasteiger partial charge in [0.2, 0.25) is 5.91 Å². The molecule has 1 saturated heterocycles. The molecule has 0 unspecified atom stereocenters. The lowest BCUT2D eigenvalue weighted by Crippen LogP contribution is -2.42. The van der Waals surface area contributed by atoms with Crippen molar-refractivity contribution in [2.75, 3.05) is 13.1 Å². The number of hydrogen-bond donors (Lipinski definition) is 2. The molecule has 0 aromatic carbocycles. The van der Waals surface area contributed by atoms with Crippen LogP contribution in [-0.2, 0) is 11.2 Å². The van der Waals surface area contributed by atoms with Crippen LogP contribution in [0.4, 0.5) is 0 Å². The molecule has 1 amide bonds. The maximum atomic E-state index is 11.9. The van der Waals surface area contributed by atoms with Crippen LogP contribution in [0.5, 0.6) is 0 Å². The molecule has 0 bridgehead atoms. The average molecular weight is 317 g/mol. The zero-order valence-electron chi connectivity index (χ0n) is 12.3. The SMILES string of the molecule is Cc1cc(CCCC(=O)NC2CCNCC2)c(C)s1.Cl. The maximum Gasteiger partial charge on any atom is 0.220 e. The van der Waals surface area contributed by atoms with Crippen molar-refractivity contribution in [2.45, 2.75) is 52.0 Å². The molecule has 2 N–H and O–H groups in total. The number of aryl methyl sites for hydroxylation is 3. The summed E-state index contributed by atoms with van der Waals surface area (Å²) in [5.74, 6) is 0.219. The highest BCUT2D eigenvalue weighted by molar-refractivity contribution is 7.12. The summed E-state index contributed by atoms with van der Waals surface area (Å²) < 4.78 is 0. The highest BCUT2D eigenvalue weighted by Crippen LogP contribution is 2.22. The van der Waals surface area contributed by atoms with E-state index in [1.165, 1.54) is 15.3 Å². The first-order valence-electron chi connectivity index (χ1n) is 7.21. The van der Waals surface area contributed by atoms with Crippen molar-refractivity contribution in [1.82, 2.24) is 10.6 Å². The van der Waals surface area contributed by atoms with Gasteiger partial charge in [0.1, 0.15) is 0 Å². The third-order valence-corrected chi connectivity index (χ3v) is 4.71. The van der Waals surface area contributed by atoms with Crippen molar-refractivity contribution in [3.63, 3.8) is 0 Å². The van der Waals surface area contributed by atoms with E-state index in [9.17, 15) is 4.79 Å². The fraction of sp³-hybridized carbons (Fsp3) is 0.667. The Morgan fingerprint density at radius 2 is 2.10 bits per heavy atom. The first-order chi connectivity index (χ1) is 9.15. The molecular formula is C15H25ClN2OS. The Bertz CT molecular complexity index is 428. The fourth-order valence-corrected chi connectivity index (χ4v) is 3.61. The van der Waals surface area contributed by atoms with E-state index in [0.29, 0.717) is 12.5 Å². The summed E-state index contributed by atoms with van der Waals surface area (Å²) in [5.41, 5.74) is 1.41. The fourth-order valence-electron chi connectivity index (χ4n) is 2.64. The molecule has 2 rings (SSSR count). The van der Waals surface area contributed by atoms with E-state index >= 15 is 0 Å². The van der Waals surface area contributed by atoms with Gasteiger partial charge in [-0.1, -0.05) is 0 Å². The number of hydrogen-bond acceptors (Lipinski definition) is 3. The van der Waals surface area contributed by atoms with E-state index in [2.05, 4.69) is 30.5 Å². The second-order valence-corrected chi connectivity index (χ2v) is 6.84. The average Bonchev–Trinajstić information content (AvgIpc) is 2.69. The Labute approximate surface area is 131 Å². The van der Waals surface area contributed by atoms with Crippen molar-refractivity contribution < 1.29 is 4.79 Å². The summed E-state index contributed by atoms with van der Waals surface area (Å²) in [4.78, 5) is 14.6. The molecule has 0 radical (unpaired) electrons. The second kappa shape index (κ2) is 8.65. The zero-order chi connectivity index (χ0) is 13.7. The maximum absolute atomic E-state index is 11.9. The van der Waals surface area contributed by atoms with E-state index in [1.54, 1.807) is 0 Å². The van der Waals surface area contributed by atoms with Gasteiger partial charge in [0.25, 0.3) is 0 Å². The van der Waals surface area contributed by atoms with Crippen LogP contribution in [0, 0.1) is 13.8 Å². The summed E-state index contributed by atoms with van der Waals surface area (Å²) in [6.07, 6.45) is 4.76. The predicted octanol–water partition coefficient (Wildman–Crippen LogP) is 2.98. The largest absolute Gasteiger partial charge is 0.353 e. The third kappa shape index (κ3) is 5.43. The van der Waals surface area contributed by atoms with Gasteiger partial charge in [0, 0.05) is 22.2 Å². The molecule has 1 aromatic heterocycles. The summed E-state index contributed by atoms with van der Waals surface area (Å²) >= 11 is 1.85. The minimum Gasteiger partial charge on any atom is -0.353 e. The summed E-state index contributed by atoms with van der Waals surface area (Å²) in [7, 11) is 0. The molecule has 5 heteroatoms. The predicted molar refractivity (Wildman–Crippen MR) is 88.0 cm³/mol. The van der Waals surface area contributed by atoms with Gasteiger partial charge < -0.3 is 10.6 Å². The number of nitrogens with one attached hydrogen (secondary N) is 2. The van der Waals surface area contributed by atoms with Crippen LogP contribution in [-0.4, -0.2) is 25.0 Å². The molecule has 20 heavy (non-hydrogen) atoms. The van der Waals surface area contributed by atoms with Crippen LogP contribution in [0.25, 0.3) is 0 Å². The van der Waals surface area contributed by atoms with Crippen LogP contribution >= 0.6 is 23.7 Å². The van der Waals surface area contributed by atoms with Crippen molar-refractivity contribution in [3.8, 4) is 0 Å². The number of piperidine rings is 1. The van der Waals surface area contributed by atoms with Crippen molar-refractivity contribution >= 4 is 29.7 Å². The Hall–Kier alpha value is -0.580. The summed E-state index contributed by atoms with van der Waals surface area (Å²) in [6, 6.07) is 2.64. The van der Waals surface area contributed by atoms with E-state index in [0.717, 1.165) is 38.8 Å². The number of amides is 1. The van der Waals surface area contributed by atoms with E-state index in [4.69, 9.17) is 0 Å². The highest BCUT2D eigenvalue weighted by atomic mass is 35.5. The van der Waals surface area contributed by atoms with E-state index in [1.807, 2.05) is 11.3 Å². The molecule has 2 heterocycles. The lowest BCUT2D eigenvalue weighted by atomic mass is 10.1. The Balaban J connectivity index is 0.00000200. The molecule has 0 atom stereocenters. The first kappa shape index (κ1) is 17.5. The van der Waals surface area contributed by atoms with E-state index < -0.39 is 0 Å². The minimum atomic E-state index is 0. The third-order valence-electron chi connectivity index (χ3n) is 3.70. The highest BCUT2D eigenvalue weighted by Gasteiger charge is 2.15. The monoisotopic (exact) mass is 316 g/mol. The normalized spacial score (nSPS) is 15.7. The van der Waals surface area contributed by atoms with Crippen LogP contribution in [0.2, 0.25) is 0 Å². The summed E-state index contributed by atoms with van der Waals surface area (Å²) in [5, 5.41) is 6.46. The van der Waals surface area contributed by atoms with Gasteiger partial charge >= 0.3 is 0 Å². The topological polar surface area (TPSA) is 41.1 Å². The molecular weight excluding hydrogens is 292 g/mol. The number of carbonyl (C=O) groups is 1. The van der Waals surface area contributed by atoms with E-state index in [-0.39, 0.29) is 18.3 Å². The molecule has 3 nitrogen and oxygen atoms in total. The van der Waals surface area contributed by atoms with Crippen molar-refractivity contribution in [2.24, 2.45) is 0 Å². The van der Waals surface area contributed by atoms with Crippen LogP contribution < -0.4 is 10.6 Å². The molecule has 0 saturated carbocycles. The van der Waals surface area contributed by atoms with Gasteiger partial charge in [-0.15, -0.1) is 23.7 Å². The van der Waals surface area contributed by atoms with Gasteiger partial charge in [-0.05, 0) is 64.3 Å². The van der Waals surface area contributed by atoms with Gasteiger partial charge in [0.05, 0.1) is 0 Å². The molecule has 0 spiro atoms. The second-order valence-electron chi connectivity index (χ2n) is 5.38. The number of rotatable bonds is 5. The Morgan fingerprint density at radius 1 is 1.40 bits per heavy atom.